The van der Waals surface area contributed by atoms with Gasteiger partial charge >= 0.3 is 10.1 Å². The molecule has 0 saturated heterocycles. The Morgan fingerprint density at radius 1 is 1.13 bits per heavy atom. The van der Waals surface area contributed by atoms with Gasteiger partial charge in [-0.2, -0.15) is 8.42 Å². The van der Waals surface area contributed by atoms with Crippen molar-refractivity contribution in [2.45, 2.75) is 4.90 Å². The molecule has 0 unspecified atom stereocenters. The third kappa shape index (κ3) is 2.56. The summed E-state index contributed by atoms with van der Waals surface area (Å²) in [5.41, 5.74) is 0.708. The smallest absolute Gasteiger partial charge is 0.297 e. The molecule has 0 aliphatic rings. The fourth-order valence-corrected chi connectivity index (χ4v) is 2.34. The maximum absolute atomic E-state index is 11.6. The summed E-state index contributed by atoms with van der Waals surface area (Å²) in [7, 11) is 3.26. The van der Waals surface area contributed by atoms with Crippen molar-refractivity contribution in [2.24, 2.45) is 0 Å². The van der Waals surface area contributed by atoms with Crippen molar-refractivity contribution in [3.63, 3.8) is 0 Å². The van der Waals surface area contributed by atoms with Gasteiger partial charge in [-0.25, -0.2) is 0 Å². The normalized spacial score (nSPS) is 12.8. The van der Waals surface area contributed by atoms with Crippen LogP contribution < -0.4 is 4.48 Å². The van der Waals surface area contributed by atoms with E-state index in [9.17, 15) is 8.42 Å². The van der Waals surface area contributed by atoms with E-state index in [2.05, 4.69) is 4.18 Å². The zero-order chi connectivity index (χ0) is 11.7. The quantitative estimate of drug-likeness (QED) is 0.579. The topological polar surface area (TPSA) is 43.4 Å². The zero-order valence-corrected chi connectivity index (χ0v) is 10.2. The Balaban J connectivity index is 3.45. The summed E-state index contributed by atoms with van der Waals surface area (Å²) in [6.07, 6.45) is 0. The van der Waals surface area contributed by atoms with Gasteiger partial charge < -0.3 is 0 Å². The molecule has 0 heterocycles. The van der Waals surface area contributed by atoms with Crippen molar-refractivity contribution < 1.29 is 12.6 Å². The SMILES string of the molecule is COS(=O)(=O)c1ccccc1[N+](C)(C)C. The summed E-state index contributed by atoms with van der Waals surface area (Å²) in [5.74, 6) is 0. The Bertz CT molecular complexity index is 446. The van der Waals surface area contributed by atoms with Gasteiger partial charge in [-0.15, -0.1) is 0 Å². The molecule has 1 aromatic carbocycles. The van der Waals surface area contributed by atoms with Crippen LogP contribution >= 0.6 is 0 Å². The molecule has 1 aromatic rings. The summed E-state index contributed by atoms with van der Waals surface area (Å²) < 4.78 is 28.2. The molecule has 0 amide bonds. The number of quaternary nitrogens is 1. The molecule has 0 atom stereocenters. The molecule has 1 rings (SSSR count). The highest BCUT2D eigenvalue weighted by molar-refractivity contribution is 7.87. The first-order valence-electron chi connectivity index (χ1n) is 4.50. The molecule has 84 valence electrons. The van der Waals surface area contributed by atoms with Gasteiger partial charge in [0.15, 0.2) is 10.6 Å². The number of hydrogen-bond donors (Lipinski definition) is 0. The van der Waals surface area contributed by atoms with Gasteiger partial charge in [0.05, 0.1) is 28.3 Å². The summed E-state index contributed by atoms with van der Waals surface area (Å²) in [6, 6.07) is 6.84. The summed E-state index contributed by atoms with van der Waals surface area (Å²) in [4.78, 5) is 0.222. The minimum absolute atomic E-state index is 0.222. The Labute approximate surface area is 90.8 Å². The Kier molecular flexibility index (Phi) is 3.18. The molecule has 0 fully saturated rings. The van der Waals surface area contributed by atoms with Crippen molar-refractivity contribution in [1.82, 2.24) is 4.48 Å². The average Bonchev–Trinajstić information content (AvgIpc) is 2.16. The second-order valence-electron chi connectivity index (χ2n) is 4.10. The van der Waals surface area contributed by atoms with Gasteiger partial charge in [0.2, 0.25) is 0 Å². The maximum Gasteiger partial charge on any atom is 0.302 e. The molecule has 0 saturated carbocycles. The highest BCUT2D eigenvalue weighted by Gasteiger charge is 2.25. The molecule has 0 aliphatic carbocycles. The lowest BCUT2D eigenvalue weighted by molar-refractivity contribution is 0.393. The monoisotopic (exact) mass is 230 g/mol. The van der Waals surface area contributed by atoms with Crippen molar-refractivity contribution in [2.75, 3.05) is 28.3 Å². The van der Waals surface area contributed by atoms with E-state index in [4.69, 9.17) is 0 Å². The molecular weight excluding hydrogens is 214 g/mol. The first-order chi connectivity index (χ1) is 6.79. The molecule has 0 spiro atoms. The van der Waals surface area contributed by atoms with Crippen LogP contribution in [0.25, 0.3) is 0 Å². The van der Waals surface area contributed by atoms with Crippen LogP contribution in [0.1, 0.15) is 0 Å². The molecule has 5 heteroatoms. The fraction of sp³-hybridized carbons (Fsp3) is 0.400. The predicted octanol–water partition coefficient (Wildman–Crippen LogP) is 1.22. The third-order valence-electron chi connectivity index (χ3n) is 2.08. The third-order valence-corrected chi connectivity index (χ3v) is 3.40. The van der Waals surface area contributed by atoms with Crippen LogP contribution in [-0.4, -0.2) is 36.7 Å². The van der Waals surface area contributed by atoms with Crippen LogP contribution in [0, 0.1) is 0 Å². The van der Waals surface area contributed by atoms with Crippen LogP contribution in [0.3, 0.4) is 0 Å². The highest BCUT2D eigenvalue weighted by atomic mass is 32.2. The number of para-hydroxylation sites is 1. The summed E-state index contributed by atoms with van der Waals surface area (Å²) >= 11 is 0. The van der Waals surface area contributed by atoms with E-state index in [-0.39, 0.29) is 4.90 Å². The lowest BCUT2D eigenvalue weighted by Gasteiger charge is -2.25. The molecule has 0 aliphatic heterocycles. The van der Waals surface area contributed by atoms with Gasteiger partial charge in [0.1, 0.15) is 0 Å². The molecular formula is C10H16NO3S+. The standard InChI is InChI=1S/C10H16NO3S/c1-11(2,3)9-7-5-6-8-10(9)15(12,13)14-4/h5-8H,1-4H3/q+1. The van der Waals surface area contributed by atoms with E-state index in [0.717, 1.165) is 0 Å². The van der Waals surface area contributed by atoms with Crippen LogP contribution in [0.15, 0.2) is 29.2 Å². The number of nitrogens with zero attached hydrogens (tertiary/aromatic N) is 1. The first-order valence-corrected chi connectivity index (χ1v) is 5.91. The van der Waals surface area contributed by atoms with Gasteiger partial charge in [0, 0.05) is 6.07 Å². The Hall–Kier alpha value is -0.910. The van der Waals surface area contributed by atoms with Gasteiger partial charge in [0.25, 0.3) is 0 Å². The van der Waals surface area contributed by atoms with Crippen molar-refractivity contribution >= 4 is 15.8 Å². The largest absolute Gasteiger partial charge is 0.302 e. The zero-order valence-electron chi connectivity index (χ0n) is 9.39. The maximum atomic E-state index is 11.6. The van der Waals surface area contributed by atoms with Crippen molar-refractivity contribution in [3.8, 4) is 0 Å². The number of hydrogen-bond acceptors (Lipinski definition) is 3. The Morgan fingerprint density at radius 2 is 1.67 bits per heavy atom. The molecule has 15 heavy (non-hydrogen) atoms. The van der Waals surface area contributed by atoms with Gasteiger partial charge in [-0.05, 0) is 6.07 Å². The number of benzene rings is 1. The minimum atomic E-state index is -3.63. The van der Waals surface area contributed by atoms with Crippen molar-refractivity contribution in [3.05, 3.63) is 24.3 Å². The van der Waals surface area contributed by atoms with Crippen LogP contribution in [0.2, 0.25) is 0 Å². The van der Waals surface area contributed by atoms with E-state index in [0.29, 0.717) is 10.2 Å². The predicted molar refractivity (Wildman–Crippen MR) is 60.2 cm³/mol. The van der Waals surface area contributed by atoms with E-state index in [1.54, 1.807) is 18.2 Å². The Morgan fingerprint density at radius 3 is 2.13 bits per heavy atom. The van der Waals surface area contributed by atoms with E-state index in [1.165, 1.54) is 7.11 Å². The lowest BCUT2D eigenvalue weighted by atomic mass is 10.3. The summed E-state index contributed by atoms with van der Waals surface area (Å²) in [6.45, 7) is 0. The molecule has 0 radical (unpaired) electrons. The lowest BCUT2D eigenvalue weighted by Crippen LogP contribution is -2.36. The molecule has 0 bridgehead atoms. The fourth-order valence-electron chi connectivity index (χ4n) is 1.31. The molecule has 0 aromatic heterocycles. The molecule has 4 nitrogen and oxygen atoms in total. The molecule has 0 N–H and O–H groups in total. The second-order valence-corrected chi connectivity index (χ2v) is 5.78. The van der Waals surface area contributed by atoms with Gasteiger partial charge in [-0.3, -0.25) is 8.67 Å². The average molecular weight is 230 g/mol. The van der Waals surface area contributed by atoms with E-state index >= 15 is 0 Å². The van der Waals surface area contributed by atoms with Crippen LogP contribution in [-0.2, 0) is 14.3 Å². The van der Waals surface area contributed by atoms with Crippen molar-refractivity contribution in [1.29, 1.82) is 0 Å². The van der Waals surface area contributed by atoms with E-state index in [1.807, 2.05) is 27.2 Å². The number of rotatable bonds is 3. The minimum Gasteiger partial charge on any atom is -0.297 e. The van der Waals surface area contributed by atoms with Gasteiger partial charge in [-0.1, -0.05) is 12.1 Å². The van der Waals surface area contributed by atoms with Crippen LogP contribution in [0.4, 0.5) is 5.69 Å². The highest BCUT2D eigenvalue weighted by Crippen LogP contribution is 2.27. The van der Waals surface area contributed by atoms with E-state index < -0.39 is 10.1 Å². The van der Waals surface area contributed by atoms with Crippen LogP contribution in [0.5, 0.6) is 0 Å². The first kappa shape index (κ1) is 12.2. The second kappa shape index (κ2) is 3.92. The summed E-state index contributed by atoms with van der Waals surface area (Å²) in [5, 5.41) is 0.